The lowest BCUT2D eigenvalue weighted by Gasteiger charge is -2.31. The van der Waals surface area contributed by atoms with Crippen LogP contribution in [0.1, 0.15) is 53.9 Å². The van der Waals surface area contributed by atoms with E-state index in [0.717, 1.165) is 57.0 Å². The van der Waals surface area contributed by atoms with Gasteiger partial charge in [0.05, 0.1) is 12.7 Å². The first kappa shape index (κ1) is 24.7. The van der Waals surface area contributed by atoms with Gasteiger partial charge in [-0.1, -0.05) is 0 Å². The third-order valence-electron chi connectivity index (χ3n) is 7.20. The molecule has 1 fully saturated rings. The molecule has 0 bridgehead atoms. The van der Waals surface area contributed by atoms with E-state index in [1.807, 2.05) is 11.8 Å². The number of benzene rings is 1. The number of hydrogen-bond acceptors (Lipinski definition) is 6. The van der Waals surface area contributed by atoms with E-state index < -0.39 is 11.7 Å². The Bertz CT molecular complexity index is 1200. The molecule has 2 aliphatic rings. The quantitative estimate of drug-likeness (QED) is 0.421. The molecule has 0 spiro atoms. The highest BCUT2D eigenvalue weighted by molar-refractivity contribution is 8.00. The molecule has 1 aromatic carbocycles. The fourth-order valence-electron chi connectivity index (χ4n) is 5.23. The second kappa shape index (κ2) is 10.2. The number of nitrogen functional groups attached to an aromatic ring is 1. The van der Waals surface area contributed by atoms with Crippen molar-refractivity contribution in [2.24, 2.45) is 0 Å². The average Bonchev–Trinajstić information content (AvgIpc) is 2.88. The number of aromatic nitrogens is 2. The summed E-state index contributed by atoms with van der Waals surface area (Å²) in [4.78, 5) is 11.7. The highest BCUT2D eigenvalue weighted by atomic mass is 32.2. The van der Waals surface area contributed by atoms with Gasteiger partial charge in [0, 0.05) is 46.9 Å². The van der Waals surface area contributed by atoms with Gasteiger partial charge in [-0.3, -0.25) is 0 Å². The van der Waals surface area contributed by atoms with Gasteiger partial charge in [0.25, 0.3) is 0 Å². The minimum atomic E-state index is -4.41. The topological polar surface area (TPSA) is 64.3 Å². The zero-order valence-electron chi connectivity index (χ0n) is 20.1. The summed E-state index contributed by atoms with van der Waals surface area (Å²) in [5.74, 6) is 0.929. The molecular formula is C27H29F3N4OS. The van der Waals surface area contributed by atoms with E-state index in [4.69, 9.17) is 10.5 Å². The van der Waals surface area contributed by atoms with Crippen LogP contribution in [0, 0.1) is 0 Å². The molecular weight excluding hydrogens is 485 g/mol. The van der Waals surface area contributed by atoms with Gasteiger partial charge in [-0.25, -0.2) is 9.97 Å². The molecule has 1 saturated carbocycles. The number of halogens is 3. The van der Waals surface area contributed by atoms with Crippen LogP contribution >= 0.6 is 11.8 Å². The van der Waals surface area contributed by atoms with Crippen molar-refractivity contribution in [2.45, 2.75) is 60.9 Å². The smallest absolute Gasteiger partial charge is 0.417 e. The van der Waals surface area contributed by atoms with Crippen LogP contribution in [0.5, 0.6) is 5.88 Å². The molecule has 3 heterocycles. The number of rotatable bonds is 5. The van der Waals surface area contributed by atoms with Gasteiger partial charge < -0.3 is 15.4 Å². The van der Waals surface area contributed by atoms with Crippen LogP contribution in [0.2, 0.25) is 0 Å². The highest BCUT2D eigenvalue weighted by Gasteiger charge is 2.33. The number of alkyl halides is 3. The number of nitrogens with two attached hydrogens (primary N) is 1. The van der Waals surface area contributed by atoms with Gasteiger partial charge in [-0.2, -0.15) is 13.2 Å². The van der Waals surface area contributed by atoms with Crippen molar-refractivity contribution in [1.29, 1.82) is 0 Å². The summed E-state index contributed by atoms with van der Waals surface area (Å²) < 4.78 is 44.8. The molecule has 2 N–H and O–H groups in total. The molecule has 1 aliphatic carbocycles. The van der Waals surface area contributed by atoms with Crippen LogP contribution in [0.25, 0.3) is 0 Å². The predicted octanol–water partition coefficient (Wildman–Crippen LogP) is 6.47. The van der Waals surface area contributed by atoms with Crippen LogP contribution in [0.4, 0.5) is 24.7 Å². The maximum atomic E-state index is 13.1. The number of nitrogens with zero attached hydrogens (tertiary/aromatic N) is 3. The molecule has 36 heavy (non-hydrogen) atoms. The third-order valence-corrected chi connectivity index (χ3v) is 8.55. The molecule has 0 saturated heterocycles. The Balaban J connectivity index is 1.19. The Morgan fingerprint density at radius 2 is 1.81 bits per heavy atom. The minimum absolute atomic E-state index is 0.0208. The monoisotopic (exact) mass is 514 g/mol. The predicted molar refractivity (Wildman–Crippen MR) is 136 cm³/mol. The van der Waals surface area contributed by atoms with Crippen LogP contribution in [0.3, 0.4) is 0 Å². The number of pyridine rings is 2. The van der Waals surface area contributed by atoms with Crippen molar-refractivity contribution < 1.29 is 17.9 Å². The number of methoxy groups -OCH3 is 1. The average molecular weight is 515 g/mol. The van der Waals surface area contributed by atoms with E-state index in [2.05, 4.69) is 45.2 Å². The summed E-state index contributed by atoms with van der Waals surface area (Å²) in [5.41, 5.74) is 9.37. The van der Waals surface area contributed by atoms with Gasteiger partial charge in [0.2, 0.25) is 5.88 Å². The van der Waals surface area contributed by atoms with Crippen LogP contribution in [-0.2, 0) is 19.1 Å². The summed E-state index contributed by atoms with van der Waals surface area (Å²) in [7, 11) is 1.66. The molecule has 190 valence electrons. The summed E-state index contributed by atoms with van der Waals surface area (Å²) in [6.07, 6.45) is 2.66. The minimum Gasteiger partial charge on any atom is -0.481 e. The highest BCUT2D eigenvalue weighted by Crippen LogP contribution is 2.42. The first-order chi connectivity index (χ1) is 17.3. The lowest BCUT2D eigenvalue weighted by molar-refractivity contribution is -0.137. The van der Waals surface area contributed by atoms with Gasteiger partial charge in [-0.05, 0) is 85.5 Å². The summed E-state index contributed by atoms with van der Waals surface area (Å²) in [6.45, 7) is 1.72. The number of hydrogen-bond donors (Lipinski definition) is 1. The van der Waals surface area contributed by atoms with Gasteiger partial charge >= 0.3 is 6.18 Å². The van der Waals surface area contributed by atoms with E-state index in [1.165, 1.54) is 22.2 Å². The van der Waals surface area contributed by atoms with E-state index in [-0.39, 0.29) is 11.7 Å². The molecule has 1 aliphatic heterocycles. The van der Waals surface area contributed by atoms with Crippen molar-refractivity contribution in [3.8, 4) is 5.88 Å². The Labute approximate surface area is 213 Å². The molecule has 0 atom stereocenters. The van der Waals surface area contributed by atoms with Crippen molar-refractivity contribution in [1.82, 2.24) is 9.97 Å². The van der Waals surface area contributed by atoms with Gasteiger partial charge in [0.15, 0.2) is 0 Å². The maximum Gasteiger partial charge on any atom is 0.417 e. The summed E-state index contributed by atoms with van der Waals surface area (Å²) in [6, 6.07) is 11.9. The number of ether oxygens (including phenoxy) is 1. The molecule has 3 aromatic rings. The number of fused-ring (bicyclic) bond motifs is 1. The zero-order valence-corrected chi connectivity index (χ0v) is 20.9. The Morgan fingerprint density at radius 1 is 1.06 bits per heavy atom. The fourth-order valence-corrected chi connectivity index (χ4v) is 6.42. The molecule has 0 unspecified atom stereocenters. The van der Waals surface area contributed by atoms with Crippen LogP contribution in [0.15, 0.2) is 53.7 Å². The Hall–Kier alpha value is -2.94. The molecule has 0 amide bonds. The summed E-state index contributed by atoms with van der Waals surface area (Å²) in [5, 5.41) is 0.435. The lowest BCUT2D eigenvalue weighted by atomic mass is 9.83. The van der Waals surface area contributed by atoms with E-state index in [1.54, 1.807) is 13.3 Å². The molecule has 9 heteroatoms. The standard InChI is InChI=1S/C27H29F3N4OS/c1-35-26-24-16-34(13-11-18(24)10-12-32-26)20-4-8-22(9-5-20)36-21-6-2-17(3-7-21)23-14-19(27(28,29)30)15-33-25(23)31/h4-5,8-10,12,14-15,17,21H,2-3,6-7,11,13,16H2,1H3,(H2,31,33). The fraction of sp³-hybridized carbons (Fsp3) is 0.407. The van der Waals surface area contributed by atoms with Crippen molar-refractivity contribution in [2.75, 3.05) is 24.3 Å². The molecule has 0 radical (unpaired) electrons. The Kier molecular flexibility index (Phi) is 7.01. The van der Waals surface area contributed by atoms with Gasteiger partial charge in [0.1, 0.15) is 5.82 Å². The number of thioether (sulfide) groups is 1. The van der Waals surface area contributed by atoms with Crippen LogP contribution < -0.4 is 15.4 Å². The van der Waals surface area contributed by atoms with E-state index in [0.29, 0.717) is 16.7 Å². The van der Waals surface area contributed by atoms with E-state index >= 15 is 0 Å². The van der Waals surface area contributed by atoms with Crippen molar-refractivity contribution in [3.63, 3.8) is 0 Å². The van der Waals surface area contributed by atoms with Crippen molar-refractivity contribution in [3.05, 3.63) is 71.0 Å². The second-order valence-electron chi connectivity index (χ2n) is 9.41. The van der Waals surface area contributed by atoms with Crippen molar-refractivity contribution >= 4 is 23.3 Å². The van der Waals surface area contributed by atoms with E-state index in [9.17, 15) is 13.2 Å². The summed E-state index contributed by atoms with van der Waals surface area (Å²) >= 11 is 1.85. The maximum absolute atomic E-state index is 13.1. The third kappa shape index (κ3) is 5.26. The molecule has 5 nitrogen and oxygen atoms in total. The molecule has 5 rings (SSSR count). The Morgan fingerprint density at radius 3 is 2.50 bits per heavy atom. The second-order valence-corrected chi connectivity index (χ2v) is 10.8. The normalized spacial score (nSPS) is 20.2. The SMILES string of the molecule is COc1nccc2c1CN(c1ccc(SC3CCC(c4cc(C(F)(F)F)cnc4N)CC3)cc1)CC2. The molecule has 2 aromatic heterocycles. The van der Waals surface area contributed by atoms with Crippen LogP contribution in [-0.4, -0.2) is 28.9 Å². The van der Waals surface area contributed by atoms with Gasteiger partial charge in [-0.15, -0.1) is 11.8 Å². The zero-order chi connectivity index (χ0) is 25.3. The largest absolute Gasteiger partial charge is 0.481 e. The first-order valence-corrected chi connectivity index (χ1v) is 13.0. The lowest BCUT2D eigenvalue weighted by Crippen LogP contribution is -2.30. The number of anilines is 2. The first-order valence-electron chi connectivity index (χ1n) is 12.2.